The van der Waals surface area contributed by atoms with Gasteiger partial charge in [0, 0.05) is 16.6 Å². The van der Waals surface area contributed by atoms with Crippen LogP contribution in [0.3, 0.4) is 0 Å². The van der Waals surface area contributed by atoms with Crippen molar-refractivity contribution in [3.8, 4) is 5.75 Å². The van der Waals surface area contributed by atoms with Crippen LogP contribution < -0.4 is 10.1 Å². The van der Waals surface area contributed by atoms with Crippen LogP contribution in [0.2, 0.25) is 5.02 Å². The van der Waals surface area contributed by atoms with E-state index in [9.17, 15) is 14.9 Å². The van der Waals surface area contributed by atoms with Crippen molar-refractivity contribution in [2.75, 3.05) is 12.4 Å². The summed E-state index contributed by atoms with van der Waals surface area (Å²) < 4.78 is 6.47. The average molecular weight is 464 g/mol. The molecule has 120 valence electrons. The first-order chi connectivity index (χ1) is 10.8. The second-order valence-electron chi connectivity index (χ2n) is 4.34. The van der Waals surface area contributed by atoms with Crippen LogP contribution in [0.15, 0.2) is 39.3 Å². The fourth-order valence-corrected chi connectivity index (χ4v) is 3.40. The Balaban J connectivity index is 2.40. The highest BCUT2D eigenvalue weighted by molar-refractivity contribution is 9.11. The van der Waals surface area contributed by atoms with Gasteiger partial charge in [0.25, 0.3) is 11.6 Å². The van der Waals surface area contributed by atoms with E-state index in [4.69, 9.17) is 16.3 Å². The molecule has 0 saturated carbocycles. The minimum atomic E-state index is -0.567. The minimum absolute atomic E-state index is 0.143. The van der Waals surface area contributed by atoms with Gasteiger partial charge in [-0.1, -0.05) is 27.5 Å². The summed E-state index contributed by atoms with van der Waals surface area (Å²) in [6.07, 6.45) is 0. The number of amides is 1. The number of hydrogen-bond donors (Lipinski definition) is 1. The number of benzene rings is 2. The smallest absolute Gasteiger partial charge is 0.271 e. The molecule has 2 rings (SSSR count). The second-order valence-corrected chi connectivity index (χ2v) is 6.52. The molecule has 0 aliphatic carbocycles. The van der Waals surface area contributed by atoms with Crippen molar-refractivity contribution in [3.63, 3.8) is 0 Å². The number of nitrogens with one attached hydrogen (secondary N) is 1. The quantitative estimate of drug-likeness (QED) is 0.508. The molecule has 1 amide bonds. The number of methoxy groups -OCH3 is 1. The molecule has 2 aromatic rings. The summed E-state index contributed by atoms with van der Waals surface area (Å²) in [4.78, 5) is 22.7. The van der Waals surface area contributed by atoms with Crippen molar-refractivity contribution in [1.82, 2.24) is 0 Å². The topological polar surface area (TPSA) is 81.5 Å². The van der Waals surface area contributed by atoms with Crippen LogP contribution in [-0.2, 0) is 0 Å². The molecule has 1 N–H and O–H groups in total. The van der Waals surface area contributed by atoms with E-state index in [0.717, 1.165) is 0 Å². The molecule has 9 heteroatoms. The van der Waals surface area contributed by atoms with Gasteiger partial charge in [0.1, 0.15) is 5.75 Å². The third-order valence-corrected chi connectivity index (χ3v) is 4.24. The van der Waals surface area contributed by atoms with Gasteiger partial charge in [0.05, 0.1) is 32.8 Å². The number of rotatable bonds is 4. The molecule has 0 atom stereocenters. The Hall–Kier alpha value is -1.64. The van der Waals surface area contributed by atoms with E-state index in [0.29, 0.717) is 14.7 Å². The summed E-state index contributed by atoms with van der Waals surface area (Å²) in [7, 11) is 1.44. The predicted molar refractivity (Wildman–Crippen MR) is 94.5 cm³/mol. The number of nitrogens with zero attached hydrogens (tertiary/aromatic N) is 1. The van der Waals surface area contributed by atoms with Crippen molar-refractivity contribution in [2.45, 2.75) is 0 Å². The van der Waals surface area contributed by atoms with Gasteiger partial charge in [-0.05, 0) is 34.1 Å². The van der Waals surface area contributed by atoms with E-state index < -0.39 is 10.8 Å². The summed E-state index contributed by atoms with van der Waals surface area (Å²) in [6.45, 7) is 0. The lowest BCUT2D eigenvalue weighted by molar-refractivity contribution is -0.384. The number of ether oxygens (including phenoxy) is 1. The first kappa shape index (κ1) is 17.7. The average Bonchev–Trinajstić information content (AvgIpc) is 2.48. The van der Waals surface area contributed by atoms with Gasteiger partial charge < -0.3 is 10.1 Å². The SMILES string of the molecule is COc1c(Br)cc(Br)cc1C(=O)Nc1cc([N+](=O)[O-])ccc1Cl. The van der Waals surface area contributed by atoms with Crippen molar-refractivity contribution in [3.05, 3.63) is 60.0 Å². The summed E-state index contributed by atoms with van der Waals surface area (Å²) in [6, 6.07) is 7.11. The molecule has 0 aromatic heterocycles. The first-order valence-electron chi connectivity index (χ1n) is 6.11. The first-order valence-corrected chi connectivity index (χ1v) is 8.08. The molecule has 0 fully saturated rings. The molecule has 0 spiro atoms. The summed E-state index contributed by atoms with van der Waals surface area (Å²) in [5.74, 6) is -0.168. The van der Waals surface area contributed by atoms with E-state index >= 15 is 0 Å². The van der Waals surface area contributed by atoms with E-state index in [1.807, 2.05) is 0 Å². The maximum absolute atomic E-state index is 12.5. The van der Waals surface area contributed by atoms with Crippen LogP contribution in [0.1, 0.15) is 10.4 Å². The molecule has 23 heavy (non-hydrogen) atoms. The zero-order valence-electron chi connectivity index (χ0n) is 11.6. The highest BCUT2D eigenvalue weighted by atomic mass is 79.9. The number of carbonyl (C=O) groups excluding carboxylic acids is 1. The number of nitro groups is 1. The number of carbonyl (C=O) groups is 1. The lowest BCUT2D eigenvalue weighted by Crippen LogP contribution is -2.14. The van der Waals surface area contributed by atoms with Crippen molar-refractivity contribution < 1.29 is 14.5 Å². The monoisotopic (exact) mass is 462 g/mol. The van der Waals surface area contributed by atoms with Gasteiger partial charge in [-0.3, -0.25) is 14.9 Å². The zero-order valence-corrected chi connectivity index (χ0v) is 15.5. The molecule has 0 aliphatic heterocycles. The van der Waals surface area contributed by atoms with Crippen molar-refractivity contribution in [1.29, 1.82) is 0 Å². The molecule has 0 unspecified atom stereocenters. The van der Waals surface area contributed by atoms with Gasteiger partial charge in [-0.25, -0.2) is 0 Å². The summed E-state index contributed by atoms with van der Waals surface area (Å²) in [5, 5.41) is 13.6. The Labute approximate surface area is 153 Å². The zero-order chi connectivity index (χ0) is 17.1. The Morgan fingerprint density at radius 2 is 2.00 bits per heavy atom. The molecule has 2 aromatic carbocycles. The number of hydrogen-bond acceptors (Lipinski definition) is 4. The Morgan fingerprint density at radius 1 is 1.30 bits per heavy atom. The van der Waals surface area contributed by atoms with Crippen LogP contribution in [-0.4, -0.2) is 17.9 Å². The van der Waals surface area contributed by atoms with Crippen LogP contribution in [0.4, 0.5) is 11.4 Å². The molecule has 0 bridgehead atoms. The fraction of sp³-hybridized carbons (Fsp3) is 0.0714. The maximum atomic E-state index is 12.5. The third kappa shape index (κ3) is 4.01. The molecule has 0 heterocycles. The number of nitro benzene ring substituents is 1. The highest BCUT2D eigenvalue weighted by Gasteiger charge is 2.18. The summed E-state index contributed by atoms with van der Waals surface area (Å²) in [5.41, 5.74) is 0.215. The normalized spacial score (nSPS) is 10.3. The molecular formula is C14H9Br2ClN2O4. The van der Waals surface area contributed by atoms with Crippen LogP contribution in [0, 0.1) is 10.1 Å². The predicted octanol–water partition coefficient (Wildman–Crippen LogP) is 5.03. The number of non-ortho nitro benzene ring substituents is 1. The second kappa shape index (κ2) is 7.29. The maximum Gasteiger partial charge on any atom is 0.271 e. The Bertz CT molecular complexity index is 799. The summed E-state index contributed by atoms with van der Waals surface area (Å²) >= 11 is 12.6. The van der Waals surface area contributed by atoms with E-state index in [1.54, 1.807) is 12.1 Å². The van der Waals surface area contributed by atoms with Gasteiger partial charge in [-0.2, -0.15) is 0 Å². The van der Waals surface area contributed by atoms with E-state index in [-0.39, 0.29) is 22.0 Å². The van der Waals surface area contributed by atoms with Crippen LogP contribution in [0.25, 0.3) is 0 Å². The van der Waals surface area contributed by atoms with Gasteiger partial charge >= 0.3 is 0 Å². The van der Waals surface area contributed by atoms with Gasteiger partial charge in [0.2, 0.25) is 0 Å². The molecule has 6 nitrogen and oxygen atoms in total. The highest BCUT2D eigenvalue weighted by Crippen LogP contribution is 2.34. The molecule has 0 aliphatic rings. The minimum Gasteiger partial charge on any atom is -0.495 e. The van der Waals surface area contributed by atoms with Gasteiger partial charge in [0.15, 0.2) is 0 Å². The lowest BCUT2D eigenvalue weighted by Gasteiger charge is -2.12. The number of anilines is 1. The van der Waals surface area contributed by atoms with Gasteiger partial charge in [-0.15, -0.1) is 0 Å². The van der Waals surface area contributed by atoms with Crippen LogP contribution in [0.5, 0.6) is 5.75 Å². The van der Waals surface area contributed by atoms with Crippen molar-refractivity contribution in [2.24, 2.45) is 0 Å². The molecular weight excluding hydrogens is 455 g/mol. The Kier molecular flexibility index (Phi) is 5.61. The van der Waals surface area contributed by atoms with E-state index in [2.05, 4.69) is 37.2 Å². The fourth-order valence-electron chi connectivity index (χ4n) is 1.85. The Morgan fingerprint density at radius 3 is 2.61 bits per heavy atom. The standard InChI is InChI=1S/C14H9Br2ClN2O4/c1-23-13-9(4-7(15)5-10(13)16)14(20)18-12-6-8(19(21)22)2-3-11(12)17/h2-6H,1H3,(H,18,20). The van der Waals surface area contributed by atoms with Crippen LogP contribution >= 0.6 is 43.5 Å². The largest absolute Gasteiger partial charge is 0.495 e. The molecule has 0 saturated heterocycles. The lowest BCUT2D eigenvalue weighted by atomic mass is 10.1. The number of halogens is 3. The van der Waals surface area contributed by atoms with E-state index in [1.165, 1.54) is 25.3 Å². The van der Waals surface area contributed by atoms with Crippen molar-refractivity contribution >= 4 is 60.7 Å². The molecule has 0 radical (unpaired) electrons. The third-order valence-electron chi connectivity index (χ3n) is 2.87.